The van der Waals surface area contributed by atoms with Crippen molar-refractivity contribution in [2.45, 2.75) is 31.7 Å². The van der Waals surface area contributed by atoms with Crippen LogP contribution in [0, 0.1) is 0 Å². The summed E-state index contributed by atoms with van der Waals surface area (Å²) in [6.07, 6.45) is 1.77. The summed E-state index contributed by atoms with van der Waals surface area (Å²) < 4.78 is 39.4. The van der Waals surface area contributed by atoms with Crippen LogP contribution in [0.25, 0.3) is 0 Å². The van der Waals surface area contributed by atoms with Crippen molar-refractivity contribution in [1.82, 2.24) is 0 Å². The zero-order valence-corrected chi connectivity index (χ0v) is 13.3. The monoisotopic (exact) mass is 296 g/mol. The van der Waals surface area contributed by atoms with E-state index in [1.165, 1.54) is 13.8 Å². The zero-order valence-electron chi connectivity index (χ0n) is 11.5. The van der Waals surface area contributed by atoms with Crippen LogP contribution >= 0.6 is 14.7 Å². The van der Waals surface area contributed by atoms with Crippen LogP contribution in [0.1, 0.15) is 13.3 Å². The Hall–Kier alpha value is 0.0800. The summed E-state index contributed by atoms with van der Waals surface area (Å²) in [6, 6.07) is 0. The van der Waals surface area contributed by atoms with Crippen LogP contribution in [0.4, 0.5) is 0 Å². The molecule has 0 spiro atoms. The van der Waals surface area contributed by atoms with Gasteiger partial charge in [0, 0.05) is 20.2 Å². The Bertz CT molecular complexity index is 400. The molecular formula is C11H22O5P2. The highest BCUT2D eigenvalue weighted by Crippen LogP contribution is 2.47. The van der Waals surface area contributed by atoms with Crippen molar-refractivity contribution < 1.29 is 22.9 Å². The minimum absolute atomic E-state index is 0.0228. The number of rotatable bonds is 5. The van der Waals surface area contributed by atoms with Gasteiger partial charge in [-0.1, -0.05) is 0 Å². The van der Waals surface area contributed by atoms with Gasteiger partial charge in [0.2, 0.25) is 0 Å². The summed E-state index contributed by atoms with van der Waals surface area (Å²) in [7, 11) is -3.91. The first-order valence-electron chi connectivity index (χ1n) is 5.84. The van der Waals surface area contributed by atoms with Gasteiger partial charge in [-0.25, -0.2) is 0 Å². The summed E-state index contributed by atoms with van der Waals surface area (Å²) >= 11 is 0. The van der Waals surface area contributed by atoms with Gasteiger partial charge in [-0.2, -0.15) is 0 Å². The fraction of sp³-hybridized carbons (Fsp3) is 0.818. The van der Waals surface area contributed by atoms with Gasteiger partial charge in [-0.05, 0) is 32.1 Å². The Morgan fingerprint density at radius 2 is 1.89 bits per heavy atom. The summed E-state index contributed by atoms with van der Waals surface area (Å²) in [5.41, 5.74) is 0. The normalized spacial score (nSPS) is 32.8. The molecular weight excluding hydrogens is 274 g/mol. The molecule has 1 fully saturated rings. The molecule has 0 aromatic heterocycles. The van der Waals surface area contributed by atoms with Crippen LogP contribution in [0.15, 0.2) is 11.9 Å². The lowest BCUT2D eigenvalue weighted by molar-refractivity contribution is 0.0501. The molecule has 0 aliphatic carbocycles. The molecule has 0 radical (unpaired) electrons. The minimum Gasteiger partial charge on any atom is -0.368 e. The van der Waals surface area contributed by atoms with E-state index < -0.39 is 14.7 Å². The van der Waals surface area contributed by atoms with E-state index in [9.17, 15) is 9.13 Å². The van der Waals surface area contributed by atoms with Gasteiger partial charge < -0.3 is 18.3 Å². The van der Waals surface area contributed by atoms with Crippen molar-refractivity contribution in [2.75, 3.05) is 27.1 Å². The second-order valence-corrected chi connectivity index (χ2v) is 10.3. The van der Waals surface area contributed by atoms with Gasteiger partial charge >= 0.3 is 7.60 Å². The van der Waals surface area contributed by atoms with Crippen molar-refractivity contribution in [2.24, 2.45) is 0 Å². The van der Waals surface area contributed by atoms with Crippen LogP contribution in [0.3, 0.4) is 0 Å². The zero-order chi connectivity index (χ0) is 14.0. The van der Waals surface area contributed by atoms with Gasteiger partial charge in [-0.15, -0.1) is 0 Å². The Morgan fingerprint density at radius 3 is 2.39 bits per heavy atom. The van der Waals surface area contributed by atoms with Crippen molar-refractivity contribution in [3.8, 4) is 0 Å². The van der Waals surface area contributed by atoms with E-state index in [0.29, 0.717) is 6.42 Å². The third kappa shape index (κ3) is 5.38. The van der Waals surface area contributed by atoms with Crippen molar-refractivity contribution in [1.29, 1.82) is 0 Å². The number of hydrogen-bond acceptors (Lipinski definition) is 5. The molecule has 0 N–H and O–H groups in total. The van der Waals surface area contributed by atoms with E-state index in [2.05, 4.69) is 0 Å². The molecule has 1 aliphatic heterocycles. The highest BCUT2D eigenvalue weighted by molar-refractivity contribution is 7.65. The van der Waals surface area contributed by atoms with Gasteiger partial charge in [0.05, 0.1) is 12.2 Å². The molecule has 0 saturated carbocycles. The lowest BCUT2D eigenvalue weighted by Crippen LogP contribution is -2.21. The Morgan fingerprint density at radius 1 is 1.28 bits per heavy atom. The summed E-state index contributed by atoms with van der Waals surface area (Å²) in [6.45, 7) is 6.71. The molecule has 1 unspecified atom stereocenters. The van der Waals surface area contributed by atoms with Crippen molar-refractivity contribution >= 4 is 14.7 Å². The first-order valence-corrected chi connectivity index (χ1v) is 10.5. The first kappa shape index (κ1) is 16.1. The maximum atomic E-state index is 11.8. The standard InChI is InChI=1S/C11H22O5P2/c1-9-8-11(16-18(5,13)14-2)10(15-9)6-7-17(3,4)12/h6-7,9-11H,8H2,1-5H3/b7-6+/t9-,10+,11-,18?/m0/s1. The quantitative estimate of drug-likeness (QED) is 0.729. The average molecular weight is 296 g/mol. The molecule has 0 aromatic carbocycles. The van der Waals surface area contributed by atoms with Crippen LogP contribution in [0.2, 0.25) is 0 Å². The highest BCUT2D eigenvalue weighted by atomic mass is 31.2. The molecule has 0 aromatic rings. The molecule has 1 saturated heterocycles. The van der Waals surface area contributed by atoms with Gasteiger partial charge in [0.15, 0.2) is 0 Å². The average Bonchev–Trinajstić information content (AvgIpc) is 2.54. The molecule has 5 nitrogen and oxygen atoms in total. The van der Waals surface area contributed by atoms with E-state index in [0.717, 1.165) is 0 Å². The molecule has 1 heterocycles. The lowest BCUT2D eigenvalue weighted by Gasteiger charge is -2.20. The molecule has 1 rings (SSSR count). The molecule has 0 amide bonds. The number of ether oxygens (including phenoxy) is 1. The van der Waals surface area contributed by atoms with Crippen LogP contribution in [0.5, 0.6) is 0 Å². The van der Waals surface area contributed by atoms with E-state index in [1.807, 2.05) is 6.92 Å². The molecule has 18 heavy (non-hydrogen) atoms. The van der Waals surface area contributed by atoms with Gasteiger partial charge in [-0.3, -0.25) is 4.57 Å². The largest absolute Gasteiger partial charge is 0.368 e. The van der Waals surface area contributed by atoms with E-state index in [-0.39, 0.29) is 18.3 Å². The second kappa shape index (κ2) is 6.02. The first-order chi connectivity index (χ1) is 8.13. The summed E-state index contributed by atoms with van der Waals surface area (Å²) in [5, 5.41) is 0. The molecule has 0 bridgehead atoms. The maximum Gasteiger partial charge on any atom is 0.327 e. The smallest absolute Gasteiger partial charge is 0.327 e. The van der Waals surface area contributed by atoms with Crippen LogP contribution < -0.4 is 0 Å². The Labute approximate surface area is 109 Å². The van der Waals surface area contributed by atoms with E-state index in [4.69, 9.17) is 13.8 Å². The number of hydrogen-bond donors (Lipinski definition) is 0. The van der Waals surface area contributed by atoms with Crippen LogP contribution in [-0.2, 0) is 22.9 Å². The highest BCUT2D eigenvalue weighted by Gasteiger charge is 2.36. The molecule has 4 atom stereocenters. The fourth-order valence-corrected chi connectivity index (χ4v) is 3.09. The fourth-order valence-electron chi connectivity index (χ4n) is 1.73. The molecule has 106 valence electrons. The topological polar surface area (TPSA) is 61.8 Å². The Kier molecular flexibility index (Phi) is 5.40. The minimum atomic E-state index is -3.03. The predicted octanol–water partition coefficient (Wildman–Crippen LogP) is 3.15. The third-order valence-corrected chi connectivity index (χ3v) is 4.82. The molecule has 1 aliphatic rings. The van der Waals surface area contributed by atoms with E-state index in [1.54, 1.807) is 25.2 Å². The molecule has 7 heteroatoms. The van der Waals surface area contributed by atoms with Crippen molar-refractivity contribution in [3.05, 3.63) is 11.9 Å². The van der Waals surface area contributed by atoms with Crippen molar-refractivity contribution in [3.63, 3.8) is 0 Å². The summed E-state index contributed by atoms with van der Waals surface area (Å²) in [5.74, 6) is 1.65. The maximum absolute atomic E-state index is 11.8. The Balaban J connectivity index is 2.74. The predicted molar refractivity (Wildman–Crippen MR) is 73.0 cm³/mol. The van der Waals surface area contributed by atoms with Gasteiger partial charge in [0.25, 0.3) is 0 Å². The SMILES string of the molecule is COP(C)(=O)O[C@H]1C[C@H](C)O[C@@H]1/C=C/P(C)(C)=O. The van der Waals surface area contributed by atoms with E-state index >= 15 is 0 Å². The third-order valence-electron chi connectivity index (χ3n) is 2.61. The summed E-state index contributed by atoms with van der Waals surface area (Å²) in [4.78, 5) is 0. The lowest BCUT2D eigenvalue weighted by atomic mass is 10.1. The second-order valence-electron chi connectivity index (χ2n) is 5.02. The van der Waals surface area contributed by atoms with Crippen LogP contribution in [-0.4, -0.2) is 45.4 Å². The van der Waals surface area contributed by atoms with Gasteiger partial charge in [0.1, 0.15) is 13.2 Å².